The van der Waals surface area contributed by atoms with E-state index in [9.17, 15) is 4.79 Å². The summed E-state index contributed by atoms with van der Waals surface area (Å²) < 4.78 is 7.02. The van der Waals surface area contributed by atoms with Gasteiger partial charge >= 0.3 is 6.09 Å². The van der Waals surface area contributed by atoms with E-state index >= 15 is 0 Å². The minimum absolute atomic E-state index is 0.362. The summed E-state index contributed by atoms with van der Waals surface area (Å²) in [7, 11) is 0. The van der Waals surface area contributed by atoms with Gasteiger partial charge in [0.25, 0.3) is 0 Å². The van der Waals surface area contributed by atoms with Crippen LogP contribution in [-0.4, -0.2) is 15.7 Å². The van der Waals surface area contributed by atoms with Gasteiger partial charge in [0.2, 0.25) is 0 Å². The van der Waals surface area contributed by atoms with E-state index in [4.69, 9.17) is 11.2 Å². The third-order valence-corrected chi connectivity index (χ3v) is 3.46. The van der Waals surface area contributed by atoms with E-state index < -0.39 is 6.09 Å². The van der Waals surface area contributed by atoms with E-state index in [1.54, 1.807) is 10.7 Å². The number of nitrogens with one attached hydrogen (secondary N) is 1. The Kier molecular flexibility index (Phi) is 3.98. The van der Waals surface area contributed by atoms with Crippen LogP contribution in [0.25, 0.3) is 5.52 Å². The van der Waals surface area contributed by atoms with Gasteiger partial charge in [-0.1, -0.05) is 36.4 Å². The molecule has 5 nitrogen and oxygen atoms in total. The van der Waals surface area contributed by atoms with Crippen LogP contribution in [0.15, 0.2) is 54.7 Å². The van der Waals surface area contributed by atoms with Gasteiger partial charge in [0.1, 0.15) is 11.8 Å². The van der Waals surface area contributed by atoms with Gasteiger partial charge in [-0.2, -0.15) is 5.10 Å². The van der Waals surface area contributed by atoms with Crippen LogP contribution in [0, 0.1) is 12.3 Å². The van der Waals surface area contributed by atoms with E-state index in [1.807, 2.05) is 55.5 Å². The van der Waals surface area contributed by atoms with Crippen LogP contribution >= 0.6 is 0 Å². The fourth-order valence-electron chi connectivity index (χ4n) is 2.31. The van der Waals surface area contributed by atoms with Crippen LogP contribution in [0.1, 0.15) is 24.3 Å². The SMILES string of the molecule is C#Cc1nn2ccccc2c1NC(=O)O[C@H](C)c1ccccc1. The molecule has 0 fully saturated rings. The molecular formula is C18H15N3O2. The van der Waals surface area contributed by atoms with Crippen molar-refractivity contribution in [1.29, 1.82) is 0 Å². The van der Waals surface area contributed by atoms with Gasteiger partial charge in [0.05, 0.1) is 5.52 Å². The average Bonchev–Trinajstić information content (AvgIpc) is 2.93. The van der Waals surface area contributed by atoms with Crippen molar-refractivity contribution in [3.8, 4) is 12.3 Å². The number of fused-ring (bicyclic) bond motifs is 1. The van der Waals surface area contributed by atoms with E-state index in [2.05, 4.69) is 16.3 Å². The van der Waals surface area contributed by atoms with E-state index in [0.29, 0.717) is 16.9 Å². The Bertz CT molecular complexity index is 878. The fourth-order valence-corrected chi connectivity index (χ4v) is 2.31. The average molecular weight is 305 g/mol. The Morgan fingerprint density at radius 3 is 2.74 bits per heavy atom. The zero-order valence-electron chi connectivity index (χ0n) is 12.6. The molecule has 2 aromatic heterocycles. The zero-order chi connectivity index (χ0) is 16.2. The van der Waals surface area contributed by atoms with Crippen molar-refractivity contribution < 1.29 is 9.53 Å². The molecule has 23 heavy (non-hydrogen) atoms. The highest BCUT2D eigenvalue weighted by Crippen LogP contribution is 2.23. The van der Waals surface area contributed by atoms with Crippen molar-refractivity contribution in [2.24, 2.45) is 0 Å². The summed E-state index contributed by atoms with van der Waals surface area (Å²) in [5.41, 5.74) is 2.46. The highest BCUT2D eigenvalue weighted by Gasteiger charge is 2.16. The van der Waals surface area contributed by atoms with Crippen LogP contribution in [0.5, 0.6) is 0 Å². The molecular weight excluding hydrogens is 290 g/mol. The first kappa shape index (κ1) is 14.7. The van der Waals surface area contributed by atoms with Crippen molar-refractivity contribution in [3.63, 3.8) is 0 Å². The number of hydrogen-bond donors (Lipinski definition) is 1. The lowest BCUT2D eigenvalue weighted by molar-refractivity contribution is 0.121. The lowest BCUT2D eigenvalue weighted by Gasteiger charge is -2.14. The highest BCUT2D eigenvalue weighted by molar-refractivity contribution is 5.93. The number of pyridine rings is 1. The molecule has 0 aliphatic carbocycles. The Balaban J connectivity index is 1.80. The normalized spacial score (nSPS) is 11.7. The second-order valence-corrected chi connectivity index (χ2v) is 4.98. The Morgan fingerprint density at radius 1 is 1.26 bits per heavy atom. The summed E-state index contributed by atoms with van der Waals surface area (Å²) in [5.74, 6) is 2.47. The molecule has 0 aliphatic heterocycles. The second kappa shape index (κ2) is 6.24. The molecule has 0 saturated heterocycles. The van der Waals surface area contributed by atoms with E-state index in [-0.39, 0.29) is 6.10 Å². The number of ether oxygens (including phenoxy) is 1. The highest BCUT2D eigenvalue weighted by atomic mass is 16.6. The molecule has 114 valence electrons. The van der Waals surface area contributed by atoms with Gasteiger partial charge in [0, 0.05) is 6.20 Å². The number of nitrogens with zero attached hydrogens (tertiary/aromatic N) is 2. The third-order valence-electron chi connectivity index (χ3n) is 3.46. The lowest BCUT2D eigenvalue weighted by atomic mass is 10.1. The molecule has 2 heterocycles. The monoisotopic (exact) mass is 305 g/mol. The van der Waals surface area contributed by atoms with Gasteiger partial charge in [-0.25, -0.2) is 9.31 Å². The Morgan fingerprint density at radius 2 is 2.00 bits per heavy atom. The van der Waals surface area contributed by atoms with Gasteiger partial charge in [-0.05, 0) is 30.5 Å². The van der Waals surface area contributed by atoms with Crippen molar-refractivity contribution in [2.75, 3.05) is 5.32 Å². The first-order valence-electron chi connectivity index (χ1n) is 7.15. The maximum absolute atomic E-state index is 12.2. The molecule has 3 aromatic rings. The predicted octanol–water partition coefficient (Wildman–Crippen LogP) is 3.63. The maximum atomic E-state index is 12.2. The molecule has 0 aliphatic rings. The summed E-state index contributed by atoms with van der Waals surface area (Å²) in [5, 5.41) is 6.93. The fraction of sp³-hybridized carbons (Fsp3) is 0.111. The number of carbonyl (C=O) groups excluding carboxylic acids is 1. The van der Waals surface area contributed by atoms with Gasteiger partial charge in [-0.15, -0.1) is 6.42 Å². The molecule has 1 N–H and O–H groups in total. The van der Waals surface area contributed by atoms with Crippen LogP contribution in [0.2, 0.25) is 0 Å². The summed E-state index contributed by atoms with van der Waals surface area (Å²) in [6.45, 7) is 1.81. The van der Waals surface area contributed by atoms with Gasteiger partial charge in [-0.3, -0.25) is 5.32 Å². The van der Waals surface area contributed by atoms with Gasteiger partial charge in [0.15, 0.2) is 5.69 Å². The quantitative estimate of drug-likeness (QED) is 0.752. The standard InChI is InChI=1S/C18H15N3O2/c1-3-15-17(16-11-7-8-12-21(16)20-15)19-18(22)23-13(2)14-9-5-4-6-10-14/h1,4-13H,2H3,(H,19,22)/t13-/m1/s1. The van der Waals surface area contributed by atoms with Crippen LogP contribution in [0.3, 0.4) is 0 Å². The molecule has 0 bridgehead atoms. The molecule has 0 saturated carbocycles. The number of aromatic nitrogens is 2. The number of terminal acetylenes is 1. The number of hydrogen-bond acceptors (Lipinski definition) is 3. The topological polar surface area (TPSA) is 55.6 Å². The first-order chi connectivity index (χ1) is 11.2. The molecule has 0 spiro atoms. The van der Waals surface area contributed by atoms with Crippen molar-refractivity contribution in [2.45, 2.75) is 13.0 Å². The molecule has 0 radical (unpaired) electrons. The predicted molar refractivity (Wildman–Crippen MR) is 88.1 cm³/mol. The second-order valence-electron chi connectivity index (χ2n) is 4.98. The zero-order valence-corrected chi connectivity index (χ0v) is 12.6. The molecule has 5 heteroatoms. The Hall–Kier alpha value is -3.26. The van der Waals surface area contributed by atoms with Crippen molar-refractivity contribution >= 4 is 17.3 Å². The molecule has 0 unspecified atom stereocenters. The number of carbonyl (C=O) groups is 1. The van der Waals surface area contributed by atoms with E-state index in [1.165, 1.54) is 0 Å². The number of rotatable bonds is 3. The number of amides is 1. The van der Waals surface area contributed by atoms with Crippen molar-refractivity contribution in [1.82, 2.24) is 9.61 Å². The lowest BCUT2D eigenvalue weighted by Crippen LogP contribution is -2.16. The van der Waals surface area contributed by atoms with E-state index in [0.717, 1.165) is 5.56 Å². The summed E-state index contributed by atoms with van der Waals surface area (Å²) in [6, 6.07) is 15.0. The molecule has 3 rings (SSSR count). The first-order valence-corrected chi connectivity index (χ1v) is 7.15. The molecule has 1 atom stereocenters. The van der Waals surface area contributed by atoms with Gasteiger partial charge < -0.3 is 4.74 Å². The maximum Gasteiger partial charge on any atom is 0.412 e. The minimum atomic E-state index is -0.573. The van der Waals surface area contributed by atoms with Crippen LogP contribution in [-0.2, 0) is 4.74 Å². The number of anilines is 1. The molecule has 1 aromatic carbocycles. The van der Waals surface area contributed by atoms with Crippen molar-refractivity contribution in [3.05, 3.63) is 66.0 Å². The minimum Gasteiger partial charge on any atom is -0.441 e. The Labute approximate surface area is 133 Å². The summed E-state index contributed by atoms with van der Waals surface area (Å²) >= 11 is 0. The van der Waals surface area contributed by atoms with Crippen LogP contribution < -0.4 is 5.32 Å². The summed E-state index contributed by atoms with van der Waals surface area (Å²) in [6.07, 6.45) is 6.29. The largest absolute Gasteiger partial charge is 0.441 e. The smallest absolute Gasteiger partial charge is 0.412 e. The third kappa shape index (κ3) is 3.01. The summed E-state index contributed by atoms with van der Waals surface area (Å²) in [4.78, 5) is 12.2. The number of benzene rings is 1. The van der Waals surface area contributed by atoms with Crippen LogP contribution in [0.4, 0.5) is 10.5 Å². The molecule has 1 amide bonds.